The zero-order chi connectivity index (χ0) is 13.8. The average Bonchev–Trinajstić information content (AvgIpc) is 2.32. The highest BCUT2D eigenvalue weighted by atomic mass is 16.6. The summed E-state index contributed by atoms with van der Waals surface area (Å²) in [6.45, 7) is 15.0. The molecular weight excluding hydrogens is 214 g/mol. The third kappa shape index (κ3) is 6.30. The van der Waals surface area contributed by atoms with Gasteiger partial charge >= 0.3 is 0 Å². The van der Waals surface area contributed by atoms with Gasteiger partial charge in [0.05, 0.1) is 4.92 Å². The lowest BCUT2D eigenvalue weighted by atomic mass is 10.1. The fourth-order valence-corrected chi connectivity index (χ4v) is 1.25. The van der Waals surface area contributed by atoms with Crippen molar-refractivity contribution in [3.63, 3.8) is 0 Å². The lowest BCUT2D eigenvalue weighted by molar-refractivity contribution is -0.385. The van der Waals surface area contributed by atoms with Gasteiger partial charge in [0.15, 0.2) is 0 Å². The zero-order valence-corrected chi connectivity index (χ0v) is 10.9. The molecule has 3 heteroatoms. The first-order valence-electron chi connectivity index (χ1n) is 5.38. The normalized spacial score (nSPS) is 7.94. The summed E-state index contributed by atoms with van der Waals surface area (Å²) in [5.41, 5.74) is 2.04. The third-order valence-electron chi connectivity index (χ3n) is 1.99. The van der Waals surface area contributed by atoms with E-state index in [0.29, 0.717) is 0 Å². The molecule has 0 fully saturated rings. The van der Waals surface area contributed by atoms with E-state index in [9.17, 15) is 10.1 Å². The molecule has 0 radical (unpaired) electrons. The Balaban J connectivity index is 0. The number of hydrogen-bond acceptors (Lipinski definition) is 2. The van der Waals surface area contributed by atoms with E-state index < -0.39 is 0 Å². The molecule has 0 unspecified atom stereocenters. The molecule has 0 atom stereocenters. The molecule has 0 aliphatic carbocycles. The van der Waals surface area contributed by atoms with Gasteiger partial charge in [0, 0.05) is 11.6 Å². The molecule has 94 valence electrons. The van der Waals surface area contributed by atoms with Crippen LogP contribution in [0.2, 0.25) is 0 Å². The Labute approximate surface area is 104 Å². The van der Waals surface area contributed by atoms with Crippen molar-refractivity contribution in [1.82, 2.24) is 0 Å². The van der Waals surface area contributed by atoms with E-state index in [2.05, 4.69) is 19.7 Å². The lowest BCUT2D eigenvalue weighted by Crippen LogP contribution is -1.94. The first-order valence-corrected chi connectivity index (χ1v) is 5.38. The summed E-state index contributed by atoms with van der Waals surface area (Å²) in [6, 6.07) is 5.18. The Bertz CT molecular complexity index is 359. The second-order valence-electron chi connectivity index (χ2n) is 3.08. The van der Waals surface area contributed by atoms with Crippen LogP contribution in [0.3, 0.4) is 0 Å². The van der Waals surface area contributed by atoms with Gasteiger partial charge in [-0.2, -0.15) is 0 Å². The van der Waals surface area contributed by atoms with Crippen LogP contribution in [0, 0.1) is 17.0 Å². The van der Waals surface area contributed by atoms with Crippen molar-refractivity contribution in [1.29, 1.82) is 0 Å². The first-order chi connectivity index (χ1) is 8.08. The van der Waals surface area contributed by atoms with Crippen molar-refractivity contribution in [3.05, 3.63) is 65.3 Å². The molecule has 0 amide bonds. The fraction of sp³-hybridized carbons (Fsp3) is 0.286. The molecule has 0 aliphatic rings. The Morgan fingerprint density at radius 1 is 1.41 bits per heavy atom. The maximum Gasteiger partial charge on any atom is 0.272 e. The van der Waals surface area contributed by atoms with Gasteiger partial charge in [-0.1, -0.05) is 25.1 Å². The van der Waals surface area contributed by atoms with Crippen LogP contribution in [0.25, 0.3) is 0 Å². The number of rotatable bonds is 2. The highest BCUT2D eigenvalue weighted by Crippen LogP contribution is 2.20. The van der Waals surface area contributed by atoms with Crippen molar-refractivity contribution < 1.29 is 4.92 Å². The molecule has 0 spiro atoms. The van der Waals surface area contributed by atoms with E-state index >= 15 is 0 Å². The van der Waals surface area contributed by atoms with Gasteiger partial charge in [0.1, 0.15) is 0 Å². The van der Waals surface area contributed by atoms with Gasteiger partial charge in [0.25, 0.3) is 5.69 Å². The maximum absolute atomic E-state index is 10.5. The van der Waals surface area contributed by atoms with Crippen LogP contribution < -0.4 is 0 Å². The standard InChI is InChI=1S/C9H11NO2.C3H6.C2H4/c1-3-8-5-4-6-9(7(8)2)10(11)12;1-3-2;1-2/h4-6H,3H2,1-2H3;3H,1H2,2H3;1-2H2. The SMILES string of the molecule is C=C.C=CC.CCc1cccc([N+](=O)[O-])c1C. The van der Waals surface area contributed by atoms with Crippen LogP contribution in [0.15, 0.2) is 44.0 Å². The van der Waals surface area contributed by atoms with Crippen molar-refractivity contribution in [2.75, 3.05) is 0 Å². The summed E-state index contributed by atoms with van der Waals surface area (Å²) in [5, 5.41) is 10.5. The second kappa shape index (κ2) is 10.6. The van der Waals surface area contributed by atoms with Crippen LogP contribution in [0.4, 0.5) is 5.69 Å². The molecule has 0 saturated carbocycles. The number of nitro benzene ring substituents is 1. The van der Waals surface area contributed by atoms with E-state index in [4.69, 9.17) is 0 Å². The van der Waals surface area contributed by atoms with Crippen molar-refractivity contribution >= 4 is 5.69 Å². The number of hydrogen-bond donors (Lipinski definition) is 0. The van der Waals surface area contributed by atoms with Crippen LogP contribution in [-0.4, -0.2) is 4.92 Å². The molecule has 0 aromatic heterocycles. The van der Waals surface area contributed by atoms with Crippen LogP contribution in [0.5, 0.6) is 0 Å². The zero-order valence-electron chi connectivity index (χ0n) is 10.9. The number of aryl methyl sites for hydroxylation is 1. The van der Waals surface area contributed by atoms with Gasteiger partial charge in [-0.15, -0.1) is 19.7 Å². The Morgan fingerprint density at radius 2 is 1.88 bits per heavy atom. The largest absolute Gasteiger partial charge is 0.272 e. The number of allylic oxidation sites excluding steroid dienone is 1. The smallest absolute Gasteiger partial charge is 0.258 e. The van der Waals surface area contributed by atoms with E-state index in [1.54, 1.807) is 19.1 Å². The van der Waals surface area contributed by atoms with Gasteiger partial charge in [-0.3, -0.25) is 10.1 Å². The van der Waals surface area contributed by atoms with Crippen molar-refractivity contribution in [3.8, 4) is 0 Å². The van der Waals surface area contributed by atoms with Crippen LogP contribution in [-0.2, 0) is 6.42 Å². The van der Waals surface area contributed by atoms with Crippen LogP contribution in [0.1, 0.15) is 25.0 Å². The monoisotopic (exact) mass is 235 g/mol. The summed E-state index contributed by atoms with van der Waals surface area (Å²) < 4.78 is 0. The fourth-order valence-electron chi connectivity index (χ4n) is 1.25. The Kier molecular flexibility index (Phi) is 10.9. The second-order valence-corrected chi connectivity index (χ2v) is 3.08. The molecule has 1 rings (SSSR count). The van der Waals surface area contributed by atoms with Crippen molar-refractivity contribution in [2.24, 2.45) is 0 Å². The minimum atomic E-state index is -0.339. The summed E-state index contributed by atoms with van der Waals surface area (Å²) in [6.07, 6.45) is 2.59. The summed E-state index contributed by atoms with van der Waals surface area (Å²) in [4.78, 5) is 10.2. The molecular formula is C14H21NO2. The van der Waals surface area contributed by atoms with E-state index in [1.165, 1.54) is 6.07 Å². The highest BCUT2D eigenvalue weighted by molar-refractivity contribution is 5.44. The average molecular weight is 235 g/mol. The topological polar surface area (TPSA) is 43.1 Å². The summed E-state index contributed by atoms with van der Waals surface area (Å²) in [5.74, 6) is 0. The molecule has 1 aromatic rings. The number of nitro groups is 1. The van der Waals surface area contributed by atoms with E-state index in [0.717, 1.165) is 17.5 Å². The number of nitrogens with zero attached hydrogens (tertiary/aromatic N) is 1. The van der Waals surface area contributed by atoms with Gasteiger partial charge < -0.3 is 0 Å². The van der Waals surface area contributed by atoms with E-state index in [-0.39, 0.29) is 10.6 Å². The van der Waals surface area contributed by atoms with Gasteiger partial charge in [-0.25, -0.2) is 0 Å². The molecule has 0 aliphatic heterocycles. The summed E-state index contributed by atoms with van der Waals surface area (Å²) >= 11 is 0. The predicted molar refractivity (Wildman–Crippen MR) is 74.3 cm³/mol. The predicted octanol–water partition coefficient (Wildman–Crippen LogP) is 4.46. The Hall–Kier alpha value is -1.90. The van der Waals surface area contributed by atoms with Crippen molar-refractivity contribution in [2.45, 2.75) is 27.2 Å². The third-order valence-corrected chi connectivity index (χ3v) is 1.99. The molecule has 0 saturated heterocycles. The molecule has 3 nitrogen and oxygen atoms in total. The quantitative estimate of drug-likeness (QED) is 0.431. The van der Waals surface area contributed by atoms with Gasteiger partial charge in [0.2, 0.25) is 0 Å². The Morgan fingerprint density at radius 3 is 2.24 bits per heavy atom. The molecule has 0 heterocycles. The highest BCUT2D eigenvalue weighted by Gasteiger charge is 2.11. The maximum atomic E-state index is 10.5. The molecule has 1 aromatic carbocycles. The lowest BCUT2D eigenvalue weighted by Gasteiger charge is -2.01. The number of benzene rings is 1. The van der Waals surface area contributed by atoms with Gasteiger partial charge in [-0.05, 0) is 25.8 Å². The minimum Gasteiger partial charge on any atom is -0.258 e. The summed E-state index contributed by atoms with van der Waals surface area (Å²) in [7, 11) is 0. The van der Waals surface area contributed by atoms with E-state index in [1.807, 2.05) is 19.9 Å². The molecule has 0 bridgehead atoms. The molecule has 0 N–H and O–H groups in total. The van der Waals surface area contributed by atoms with Crippen LogP contribution >= 0.6 is 0 Å². The molecule has 17 heavy (non-hydrogen) atoms. The minimum absolute atomic E-state index is 0.217. The first kappa shape index (κ1) is 17.5.